The van der Waals surface area contributed by atoms with Crippen molar-refractivity contribution in [3.63, 3.8) is 0 Å². The number of nitrogens with two attached hydrogens (primary N) is 2. The predicted molar refractivity (Wildman–Crippen MR) is 138 cm³/mol. The molecule has 0 aliphatic carbocycles. The third-order valence-electron chi connectivity index (χ3n) is 7.23. The second-order valence-electron chi connectivity index (χ2n) is 9.69. The van der Waals surface area contributed by atoms with Crippen LogP contribution in [0.25, 0.3) is 0 Å². The van der Waals surface area contributed by atoms with E-state index in [9.17, 15) is 19.5 Å². The number of nitrogens with one attached hydrogen (secondary N) is 1. The van der Waals surface area contributed by atoms with Crippen LogP contribution in [0.4, 0.5) is 0 Å². The van der Waals surface area contributed by atoms with Crippen molar-refractivity contribution in [2.24, 2.45) is 17.4 Å². The SMILES string of the molecule is NC(=O)c1ccc(OCC2CCNCC2)cc1C[C@@](O)(C(N)=O)N1CCN(C(=O)c2ccccc2)CC1. The summed E-state index contributed by atoms with van der Waals surface area (Å²) < 4.78 is 5.99. The van der Waals surface area contributed by atoms with Gasteiger partial charge in [0.2, 0.25) is 11.6 Å². The lowest BCUT2D eigenvalue weighted by Crippen LogP contribution is -2.64. The lowest BCUT2D eigenvalue weighted by Gasteiger charge is -2.43. The molecule has 4 rings (SSSR count). The second-order valence-corrected chi connectivity index (χ2v) is 9.69. The van der Waals surface area contributed by atoms with Gasteiger partial charge in [0.25, 0.3) is 11.8 Å². The standard InChI is InChI=1S/C27H35N5O5/c28-24(33)23-7-6-22(37-18-19-8-10-30-11-9-19)16-21(23)17-27(36,26(29)35)32-14-12-31(13-15-32)25(34)20-4-2-1-3-5-20/h1-7,16,19,30,36H,8-15,17-18H2,(H2,28,33)(H2,29,35)/t27-/m1/s1. The topological polar surface area (TPSA) is 151 Å². The highest BCUT2D eigenvalue weighted by Crippen LogP contribution is 2.27. The van der Waals surface area contributed by atoms with Crippen molar-refractivity contribution >= 4 is 17.7 Å². The predicted octanol–water partition coefficient (Wildman–Crippen LogP) is 0.338. The molecule has 2 heterocycles. The highest BCUT2D eigenvalue weighted by Gasteiger charge is 2.43. The highest BCUT2D eigenvalue weighted by atomic mass is 16.5. The summed E-state index contributed by atoms with van der Waals surface area (Å²) in [5, 5.41) is 14.8. The van der Waals surface area contributed by atoms with Crippen molar-refractivity contribution in [1.82, 2.24) is 15.1 Å². The third kappa shape index (κ3) is 6.27. The van der Waals surface area contributed by atoms with E-state index in [1.165, 1.54) is 0 Å². The first-order valence-electron chi connectivity index (χ1n) is 12.7. The molecule has 2 aromatic rings. The number of primary amides is 2. The van der Waals surface area contributed by atoms with E-state index in [-0.39, 0.29) is 31.0 Å². The number of carbonyl (C=O) groups excluding carboxylic acids is 3. The molecule has 2 fully saturated rings. The largest absolute Gasteiger partial charge is 0.493 e. The van der Waals surface area contributed by atoms with Crippen LogP contribution in [0.3, 0.4) is 0 Å². The van der Waals surface area contributed by atoms with Crippen LogP contribution in [0.1, 0.15) is 39.1 Å². The molecule has 198 valence electrons. The second kappa shape index (κ2) is 11.7. The van der Waals surface area contributed by atoms with E-state index in [0.717, 1.165) is 25.9 Å². The molecular formula is C27H35N5O5. The number of hydrogen-bond donors (Lipinski definition) is 4. The van der Waals surface area contributed by atoms with Crippen LogP contribution in [0.15, 0.2) is 48.5 Å². The molecule has 10 heteroatoms. The number of rotatable bonds is 9. The normalized spacial score (nSPS) is 18.7. The molecule has 0 spiro atoms. The van der Waals surface area contributed by atoms with E-state index in [4.69, 9.17) is 16.2 Å². The average molecular weight is 510 g/mol. The van der Waals surface area contributed by atoms with Crippen LogP contribution in [-0.4, -0.2) is 84.2 Å². The number of ether oxygens (including phenoxy) is 1. The Labute approximate surface area is 216 Å². The molecule has 0 aromatic heterocycles. The molecule has 1 atom stereocenters. The quantitative estimate of drug-likeness (QED) is 0.380. The summed E-state index contributed by atoms with van der Waals surface area (Å²) in [7, 11) is 0. The van der Waals surface area contributed by atoms with Gasteiger partial charge in [-0.15, -0.1) is 0 Å². The van der Waals surface area contributed by atoms with Crippen molar-refractivity contribution in [2.45, 2.75) is 25.0 Å². The lowest BCUT2D eigenvalue weighted by molar-refractivity contribution is -0.163. The van der Waals surface area contributed by atoms with E-state index in [2.05, 4.69) is 5.32 Å². The van der Waals surface area contributed by atoms with Crippen molar-refractivity contribution in [1.29, 1.82) is 0 Å². The number of nitrogens with zero attached hydrogens (tertiary/aromatic N) is 2. The molecule has 3 amide bonds. The highest BCUT2D eigenvalue weighted by molar-refractivity contribution is 5.95. The van der Waals surface area contributed by atoms with Crippen molar-refractivity contribution in [3.8, 4) is 5.75 Å². The fraction of sp³-hybridized carbons (Fsp3) is 0.444. The minimum absolute atomic E-state index is 0.113. The van der Waals surface area contributed by atoms with Gasteiger partial charge in [0.1, 0.15) is 5.75 Å². The van der Waals surface area contributed by atoms with Gasteiger partial charge in [-0.05, 0) is 67.7 Å². The molecule has 10 nitrogen and oxygen atoms in total. The van der Waals surface area contributed by atoms with E-state index in [1.54, 1.807) is 52.3 Å². The zero-order chi connectivity index (χ0) is 26.4. The number of hydrogen-bond acceptors (Lipinski definition) is 7. The Morgan fingerprint density at radius 3 is 2.30 bits per heavy atom. The summed E-state index contributed by atoms with van der Waals surface area (Å²) in [6, 6.07) is 13.8. The van der Waals surface area contributed by atoms with Crippen molar-refractivity contribution < 1.29 is 24.2 Å². The van der Waals surface area contributed by atoms with Crippen LogP contribution >= 0.6 is 0 Å². The number of aliphatic hydroxyl groups is 1. The minimum atomic E-state index is -2.07. The summed E-state index contributed by atoms with van der Waals surface area (Å²) >= 11 is 0. The molecule has 2 aromatic carbocycles. The van der Waals surface area contributed by atoms with Crippen LogP contribution in [-0.2, 0) is 11.2 Å². The van der Waals surface area contributed by atoms with Gasteiger partial charge in [-0.2, -0.15) is 0 Å². The van der Waals surface area contributed by atoms with E-state index in [1.807, 2.05) is 6.07 Å². The smallest absolute Gasteiger partial charge is 0.265 e. The first-order valence-corrected chi connectivity index (χ1v) is 12.7. The Morgan fingerprint density at radius 1 is 1.00 bits per heavy atom. The molecular weight excluding hydrogens is 474 g/mol. The zero-order valence-electron chi connectivity index (χ0n) is 20.9. The number of carbonyl (C=O) groups is 3. The number of benzene rings is 2. The lowest BCUT2D eigenvalue weighted by atomic mass is 9.94. The summed E-state index contributed by atoms with van der Waals surface area (Å²) in [6.45, 7) is 3.53. The Balaban J connectivity index is 1.48. The van der Waals surface area contributed by atoms with Gasteiger partial charge in [0.05, 0.1) is 6.61 Å². The van der Waals surface area contributed by atoms with Gasteiger partial charge in [0, 0.05) is 43.7 Å². The van der Waals surface area contributed by atoms with Crippen LogP contribution in [0, 0.1) is 5.92 Å². The molecule has 0 unspecified atom stereocenters. The maximum Gasteiger partial charge on any atom is 0.265 e. The van der Waals surface area contributed by atoms with E-state index in [0.29, 0.717) is 42.5 Å². The average Bonchev–Trinajstić information content (AvgIpc) is 2.92. The number of piperazine rings is 1. The molecule has 37 heavy (non-hydrogen) atoms. The van der Waals surface area contributed by atoms with E-state index >= 15 is 0 Å². The summed E-state index contributed by atoms with van der Waals surface area (Å²) in [6.07, 6.45) is 1.80. The molecule has 0 bridgehead atoms. The zero-order valence-corrected chi connectivity index (χ0v) is 20.9. The molecule has 6 N–H and O–H groups in total. The molecule has 2 aliphatic rings. The maximum atomic E-state index is 12.8. The fourth-order valence-electron chi connectivity index (χ4n) is 4.97. The van der Waals surface area contributed by atoms with Gasteiger partial charge < -0.3 is 31.5 Å². The van der Waals surface area contributed by atoms with Gasteiger partial charge >= 0.3 is 0 Å². The molecule has 0 saturated carbocycles. The van der Waals surface area contributed by atoms with Gasteiger partial charge in [-0.3, -0.25) is 19.3 Å². The Hall–Kier alpha value is -3.47. The molecule has 0 radical (unpaired) electrons. The van der Waals surface area contributed by atoms with Crippen molar-refractivity contribution in [3.05, 3.63) is 65.2 Å². The summed E-state index contributed by atoms with van der Waals surface area (Å²) in [5.41, 5.74) is 10.4. The maximum absolute atomic E-state index is 12.8. The Morgan fingerprint density at radius 2 is 1.68 bits per heavy atom. The van der Waals surface area contributed by atoms with Crippen LogP contribution in [0.5, 0.6) is 5.75 Å². The third-order valence-corrected chi connectivity index (χ3v) is 7.23. The van der Waals surface area contributed by atoms with Crippen LogP contribution in [0.2, 0.25) is 0 Å². The van der Waals surface area contributed by atoms with Crippen molar-refractivity contribution in [2.75, 3.05) is 45.9 Å². The Kier molecular flexibility index (Phi) is 8.42. The number of piperidine rings is 1. The number of amides is 3. The monoisotopic (exact) mass is 509 g/mol. The molecule has 2 aliphatic heterocycles. The van der Waals surface area contributed by atoms with Gasteiger partial charge in [-0.1, -0.05) is 18.2 Å². The minimum Gasteiger partial charge on any atom is -0.493 e. The van der Waals surface area contributed by atoms with Crippen LogP contribution < -0.4 is 21.5 Å². The fourth-order valence-corrected chi connectivity index (χ4v) is 4.97. The first kappa shape index (κ1) is 26.6. The van der Waals surface area contributed by atoms with Gasteiger partial charge in [0.15, 0.2) is 0 Å². The summed E-state index contributed by atoms with van der Waals surface area (Å²) in [4.78, 5) is 40.7. The first-order chi connectivity index (χ1) is 17.8. The Bertz CT molecular complexity index is 1110. The molecule has 2 saturated heterocycles. The van der Waals surface area contributed by atoms with Gasteiger partial charge in [-0.25, -0.2) is 0 Å². The van der Waals surface area contributed by atoms with E-state index < -0.39 is 17.5 Å². The summed E-state index contributed by atoms with van der Waals surface area (Å²) in [5.74, 6) is -0.768.